The molecule has 0 bridgehead atoms. The molecule has 3 N–H and O–H groups in total. The van der Waals surface area contributed by atoms with Crippen LogP contribution in [0, 0.1) is 5.41 Å². The summed E-state index contributed by atoms with van der Waals surface area (Å²) in [5, 5.41) is 6.98. The van der Waals surface area contributed by atoms with Gasteiger partial charge in [-0.25, -0.2) is 9.78 Å². The quantitative estimate of drug-likeness (QED) is 0.397. The van der Waals surface area contributed by atoms with Crippen LogP contribution in [-0.2, 0) is 21.6 Å². The zero-order valence-corrected chi connectivity index (χ0v) is 21.3. The summed E-state index contributed by atoms with van der Waals surface area (Å²) in [6.45, 7) is 9.47. The molecule has 1 atom stereocenters. The standard InChI is InChI=1S/C26H32ClN5O3/c1-25(2,3)22(33)35-16-26(4,18-9-6-10-19(27)14-18)31-23-29-20-11-5-8-17(21(20)30-23)15-28-24(34)32-12-7-13-32/h5-6,8-11,14H,7,12-13,15-16H2,1-4H3,(H,28,34)(H2,29,30,31). The van der Waals surface area contributed by atoms with Crippen LogP contribution in [0.3, 0.4) is 0 Å². The fraction of sp³-hybridized carbons (Fsp3) is 0.423. The minimum absolute atomic E-state index is 0.0590. The summed E-state index contributed by atoms with van der Waals surface area (Å²) in [6, 6.07) is 13.2. The van der Waals surface area contributed by atoms with Crippen LogP contribution >= 0.6 is 11.6 Å². The topological polar surface area (TPSA) is 99.3 Å². The molecule has 3 aromatic rings. The van der Waals surface area contributed by atoms with Crippen LogP contribution in [0.5, 0.6) is 0 Å². The lowest BCUT2D eigenvalue weighted by molar-refractivity contribution is -0.154. The Labute approximate surface area is 210 Å². The van der Waals surface area contributed by atoms with Crippen molar-refractivity contribution in [1.29, 1.82) is 0 Å². The van der Waals surface area contributed by atoms with E-state index in [1.54, 1.807) is 11.0 Å². The number of hydrogen-bond donors (Lipinski definition) is 3. The summed E-state index contributed by atoms with van der Waals surface area (Å²) < 4.78 is 5.70. The summed E-state index contributed by atoms with van der Waals surface area (Å²) in [5.74, 6) is 0.230. The van der Waals surface area contributed by atoms with Gasteiger partial charge in [-0.1, -0.05) is 35.9 Å². The number of imidazole rings is 1. The number of aromatic amines is 1. The number of anilines is 1. The molecular formula is C26H32ClN5O3. The highest BCUT2D eigenvalue weighted by Crippen LogP contribution is 2.30. The van der Waals surface area contributed by atoms with E-state index in [-0.39, 0.29) is 18.6 Å². The molecule has 0 aliphatic carbocycles. The number of nitrogens with zero attached hydrogens (tertiary/aromatic N) is 2. The number of para-hydroxylation sites is 1. The Morgan fingerprint density at radius 2 is 1.89 bits per heavy atom. The molecule has 2 aromatic carbocycles. The zero-order valence-electron chi connectivity index (χ0n) is 20.6. The number of likely N-dealkylation sites (tertiary alicyclic amines) is 1. The van der Waals surface area contributed by atoms with Crippen molar-refractivity contribution >= 4 is 40.6 Å². The number of benzene rings is 2. The monoisotopic (exact) mass is 497 g/mol. The number of carbonyl (C=O) groups excluding carboxylic acids is 2. The lowest BCUT2D eigenvalue weighted by Crippen LogP contribution is -2.47. The summed E-state index contributed by atoms with van der Waals surface area (Å²) >= 11 is 6.27. The van der Waals surface area contributed by atoms with Crippen molar-refractivity contribution in [3.05, 3.63) is 58.6 Å². The third kappa shape index (κ3) is 5.70. The molecule has 1 aromatic heterocycles. The number of esters is 1. The van der Waals surface area contributed by atoms with E-state index in [0.29, 0.717) is 17.5 Å². The molecule has 8 nitrogen and oxygen atoms in total. The second-order valence-electron chi connectivity index (χ2n) is 10.2. The Kier molecular flexibility index (Phi) is 6.94. The molecule has 35 heavy (non-hydrogen) atoms. The van der Waals surface area contributed by atoms with E-state index >= 15 is 0 Å². The number of hydrogen-bond acceptors (Lipinski definition) is 5. The average molecular weight is 498 g/mol. The van der Waals surface area contributed by atoms with Crippen molar-refractivity contribution in [2.45, 2.75) is 46.2 Å². The van der Waals surface area contributed by atoms with Crippen LogP contribution in [-0.4, -0.2) is 46.6 Å². The van der Waals surface area contributed by atoms with Gasteiger partial charge in [0.2, 0.25) is 5.95 Å². The number of rotatable bonds is 7. The SMILES string of the molecule is CC(C)(C)C(=O)OCC(C)(Nc1nc2c(CNC(=O)N3CCC3)cccc2[nH]1)c1cccc(Cl)c1. The van der Waals surface area contributed by atoms with Crippen molar-refractivity contribution in [2.75, 3.05) is 25.0 Å². The fourth-order valence-corrected chi connectivity index (χ4v) is 4.00. The Bertz CT molecular complexity index is 1230. The molecular weight excluding hydrogens is 466 g/mol. The first kappa shape index (κ1) is 24.9. The second-order valence-corrected chi connectivity index (χ2v) is 10.6. The predicted octanol–water partition coefficient (Wildman–Crippen LogP) is 5.05. The average Bonchev–Trinajstić information content (AvgIpc) is 3.17. The van der Waals surface area contributed by atoms with Crippen LogP contribution in [0.1, 0.15) is 45.2 Å². The van der Waals surface area contributed by atoms with E-state index in [1.165, 1.54) is 0 Å². The molecule has 186 valence electrons. The third-order valence-electron chi connectivity index (χ3n) is 6.13. The Balaban J connectivity index is 1.58. The summed E-state index contributed by atoms with van der Waals surface area (Å²) in [5.41, 5.74) is 1.94. The van der Waals surface area contributed by atoms with Crippen LogP contribution < -0.4 is 10.6 Å². The van der Waals surface area contributed by atoms with Gasteiger partial charge < -0.3 is 25.3 Å². The molecule has 1 fully saturated rings. The maximum atomic E-state index is 12.5. The van der Waals surface area contributed by atoms with Gasteiger partial charge in [-0.2, -0.15) is 0 Å². The Morgan fingerprint density at radius 1 is 1.14 bits per heavy atom. The molecule has 0 radical (unpaired) electrons. The van der Waals surface area contributed by atoms with Gasteiger partial charge in [0.25, 0.3) is 0 Å². The van der Waals surface area contributed by atoms with E-state index in [9.17, 15) is 9.59 Å². The number of halogens is 1. The van der Waals surface area contributed by atoms with E-state index in [1.807, 2.05) is 64.1 Å². The van der Waals surface area contributed by atoms with Gasteiger partial charge in [0.15, 0.2) is 0 Å². The smallest absolute Gasteiger partial charge is 0.317 e. The molecule has 2 amide bonds. The number of nitrogens with one attached hydrogen (secondary N) is 3. The van der Waals surface area contributed by atoms with Crippen LogP contribution in [0.2, 0.25) is 5.02 Å². The maximum Gasteiger partial charge on any atom is 0.317 e. The van der Waals surface area contributed by atoms with Gasteiger partial charge in [0, 0.05) is 24.7 Å². The van der Waals surface area contributed by atoms with Gasteiger partial charge in [0.05, 0.1) is 22.0 Å². The number of carbonyl (C=O) groups is 2. The highest BCUT2D eigenvalue weighted by molar-refractivity contribution is 6.30. The van der Waals surface area contributed by atoms with E-state index in [2.05, 4.69) is 15.6 Å². The molecule has 1 unspecified atom stereocenters. The molecule has 1 saturated heterocycles. The van der Waals surface area contributed by atoms with E-state index in [4.69, 9.17) is 21.3 Å². The number of H-pyrrole nitrogens is 1. The minimum Gasteiger partial charge on any atom is -0.462 e. The first-order valence-corrected chi connectivity index (χ1v) is 12.1. The summed E-state index contributed by atoms with van der Waals surface area (Å²) in [4.78, 5) is 34.6. The van der Waals surface area contributed by atoms with Gasteiger partial charge in [0.1, 0.15) is 6.61 Å². The zero-order chi connectivity index (χ0) is 25.2. The van der Waals surface area contributed by atoms with Crippen LogP contribution in [0.15, 0.2) is 42.5 Å². The highest BCUT2D eigenvalue weighted by atomic mass is 35.5. The number of ether oxygens (including phenoxy) is 1. The normalized spacial score (nSPS) is 15.3. The fourth-order valence-electron chi connectivity index (χ4n) is 3.81. The Morgan fingerprint density at radius 3 is 2.54 bits per heavy atom. The summed E-state index contributed by atoms with van der Waals surface area (Å²) in [7, 11) is 0. The van der Waals surface area contributed by atoms with Gasteiger partial charge >= 0.3 is 12.0 Å². The largest absolute Gasteiger partial charge is 0.462 e. The molecule has 4 rings (SSSR count). The van der Waals surface area contributed by atoms with Crippen molar-refractivity contribution in [3.63, 3.8) is 0 Å². The molecule has 0 saturated carbocycles. The van der Waals surface area contributed by atoms with Crippen LogP contribution in [0.25, 0.3) is 11.0 Å². The first-order chi connectivity index (χ1) is 16.5. The number of amides is 2. The molecule has 1 aliphatic heterocycles. The molecule has 9 heteroatoms. The second kappa shape index (κ2) is 9.77. The number of urea groups is 1. The van der Waals surface area contributed by atoms with Crippen molar-refractivity contribution in [2.24, 2.45) is 5.41 Å². The number of aromatic nitrogens is 2. The molecule has 1 aliphatic rings. The van der Waals surface area contributed by atoms with E-state index in [0.717, 1.165) is 41.7 Å². The third-order valence-corrected chi connectivity index (χ3v) is 6.37. The minimum atomic E-state index is -0.800. The van der Waals surface area contributed by atoms with Gasteiger partial charge in [-0.15, -0.1) is 0 Å². The Hall–Kier alpha value is -3.26. The highest BCUT2D eigenvalue weighted by Gasteiger charge is 2.32. The van der Waals surface area contributed by atoms with Crippen molar-refractivity contribution in [3.8, 4) is 0 Å². The lowest BCUT2D eigenvalue weighted by Gasteiger charge is -2.32. The van der Waals surface area contributed by atoms with Gasteiger partial charge in [-0.05, 0) is 63.4 Å². The first-order valence-electron chi connectivity index (χ1n) is 11.8. The maximum absolute atomic E-state index is 12.5. The molecule has 2 heterocycles. The van der Waals surface area contributed by atoms with E-state index < -0.39 is 11.0 Å². The van der Waals surface area contributed by atoms with Crippen LogP contribution in [0.4, 0.5) is 10.7 Å². The number of fused-ring (bicyclic) bond motifs is 1. The molecule has 0 spiro atoms. The van der Waals surface area contributed by atoms with Gasteiger partial charge in [-0.3, -0.25) is 4.79 Å². The summed E-state index contributed by atoms with van der Waals surface area (Å²) in [6.07, 6.45) is 1.05. The van der Waals surface area contributed by atoms with Crippen molar-refractivity contribution in [1.82, 2.24) is 20.2 Å². The lowest BCUT2D eigenvalue weighted by atomic mass is 9.92. The van der Waals surface area contributed by atoms with Crippen molar-refractivity contribution < 1.29 is 14.3 Å². The predicted molar refractivity (Wildman–Crippen MR) is 137 cm³/mol.